The van der Waals surface area contributed by atoms with Crippen molar-refractivity contribution in [3.05, 3.63) is 101 Å². The Hall–Kier alpha value is -3.73. The number of halogens is 1. The first kappa shape index (κ1) is 19.6. The second-order valence-corrected chi connectivity index (χ2v) is 7.19. The average molecular weight is 400 g/mol. The van der Waals surface area contributed by atoms with Crippen LogP contribution in [0.3, 0.4) is 0 Å². The third-order valence-electron chi connectivity index (χ3n) is 5.15. The molecule has 0 radical (unpaired) electrons. The van der Waals surface area contributed by atoms with Gasteiger partial charge in [-0.2, -0.15) is 0 Å². The molecule has 1 aliphatic rings. The third-order valence-corrected chi connectivity index (χ3v) is 5.15. The van der Waals surface area contributed by atoms with E-state index in [1.165, 1.54) is 18.2 Å². The molecule has 1 aliphatic heterocycles. The summed E-state index contributed by atoms with van der Waals surface area (Å²) in [5.41, 5.74) is 3.78. The highest BCUT2D eigenvalue weighted by molar-refractivity contribution is 6.46. The van der Waals surface area contributed by atoms with E-state index in [0.29, 0.717) is 11.3 Å². The largest absolute Gasteiger partial charge is 0.350 e. The van der Waals surface area contributed by atoms with Crippen molar-refractivity contribution >= 4 is 28.8 Å². The lowest BCUT2D eigenvalue weighted by molar-refractivity contribution is -0.120. The van der Waals surface area contributed by atoms with Crippen molar-refractivity contribution in [2.75, 3.05) is 10.2 Å². The van der Waals surface area contributed by atoms with Gasteiger partial charge in [0.2, 0.25) is 0 Å². The zero-order chi connectivity index (χ0) is 21.3. The lowest BCUT2D eigenvalue weighted by Gasteiger charge is -2.16. The molecular formula is C25H21FN2O2. The number of hydrogen-bond donors (Lipinski definition) is 1. The van der Waals surface area contributed by atoms with Crippen LogP contribution in [0.1, 0.15) is 23.6 Å². The van der Waals surface area contributed by atoms with Gasteiger partial charge >= 0.3 is 0 Å². The molecular weight excluding hydrogens is 379 g/mol. The zero-order valence-corrected chi connectivity index (χ0v) is 16.8. The van der Waals surface area contributed by atoms with Gasteiger partial charge in [-0.25, -0.2) is 9.29 Å². The molecule has 4 rings (SSSR count). The van der Waals surface area contributed by atoms with Gasteiger partial charge in [-0.1, -0.05) is 61.0 Å². The Morgan fingerprint density at radius 2 is 1.53 bits per heavy atom. The topological polar surface area (TPSA) is 49.4 Å². The standard InChI is InChI=1S/C25H21FN2O2/c1-3-17-10-14-19(15-11-17)27-23-22(18-12-8-16(2)9-13-18)24(29)28(25(23)30)21-7-5-4-6-20(21)26/h4-15,27H,3H2,1-2H3. The second kappa shape index (κ2) is 7.95. The highest BCUT2D eigenvalue weighted by Crippen LogP contribution is 2.34. The summed E-state index contributed by atoms with van der Waals surface area (Å²) in [6.07, 6.45) is 0.899. The molecule has 150 valence electrons. The minimum atomic E-state index is -0.629. The Bertz CT molecular complexity index is 1150. The molecule has 0 aliphatic carbocycles. The molecule has 0 fully saturated rings. The van der Waals surface area contributed by atoms with E-state index in [1.807, 2.05) is 43.3 Å². The average Bonchev–Trinajstić information content (AvgIpc) is 2.99. The fraction of sp³-hybridized carbons (Fsp3) is 0.120. The maximum absolute atomic E-state index is 14.4. The molecule has 5 heteroatoms. The molecule has 2 amide bonds. The van der Waals surface area contributed by atoms with Crippen LogP contribution in [0.25, 0.3) is 5.57 Å². The number of anilines is 2. The molecule has 1 N–H and O–H groups in total. The van der Waals surface area contributed by atoms with Crippen LogP contribution < -0.4 is 10.2 Å². The maximum Gasteiger partial charge on any atom is 0.282 e. The summed E-state index contributed by atoms with van der Waals surface area (Å²) in [7, 11) is 0. The summed E-state index contributed by atoms with van der Waals surface area (Å²) in [5, 5.41) is 3.10. The molecule has 0 spiro atoms. The Kier molecular flexibility index (Phi) is 5.19. The van der Waals surface area contributed by atoms with E-state index < -0.39 is 17.6 Å². The van der Waals surface area contributed by atoms with Gasteiger partial charge in [0.1, 0.15) is 11.5 Å². The summed E-state index contributed by atoms with van der Waals surface area (Å²) in [6.45, 7) is 4.01. The molecule has 30 heavy (non-hydrogen) atoms. The Morgan fingerprint density at radius 1 is 0.867 bits per heavy atom. The van der Waals surface area contributed by atoms with Gasteiger partial charge in [-0.05, 0) is 48.7 Å². The Labute approximate surface area is 174 Å². The van der Waals surface area contributed by atoms with E-state index in [-0.39, 0.29) is 17.0 Å². The van der Waals surface area contributed by atoms with Crippen LogP contribution in [0.15, 0.2) is 78.5 Å². The fourth-order valence-electron chi connectivity index (χ4n) is 3.45. The van der Waals surface area contributed by atoms with Crippen LogP contribution in [-0.2, 0) is 16.0 Å². The van der Waals surface area contributed by atoms with Crippen LogP contribution in [-0.4, -0.2) is 11.8 Å². The molecule has 3 aromatic carbocycles. The molecule has 0 saturated carbocycles. The molecule has 0 saturated heterocycles. The van der Waals surface area contributed by atoms with Crippen LogP contribution in [0, 0.1) is 12.7 Å². The van der Waals surface area contributed by atoms with Crippen molar-refractivity contribution in [1.29, 1.82) is 0 Å². The van der Waals surface area contributed by atoms with Crippen LogP contribution in [0.5, 0.6) is 0 Å². The summed E-state index contributed by atoms with van der Waals surface area (Å²) >= 11 is 0. The molecule has 0 bridgehead atoms. The number of aryl methyl sites for hydroxylation is 2. The zero-order valence-electron chi connectivity index (χ0n) is 16.8. The first-order chi connectivity index (χ1) is 14.5. The van der Waals surface area contributed by atoms with Crippen LogP contribution in [0.2, 0.25) is 0 Å². The quantitative estimate of drug-likeness (QED) is 0.607. The summed E-state index contributed by atoms with van der Waals surface area (Å²) < 4.78 is 14.4. The molecule has 3 aromatic rings. The number of carbonyl (C=O) groups excluding carboxylic acids is 2. The lowest BCUT2D eigenvalue weighted by atomic mass is 10.0. The molecule has 4 nitrogen and oxygen atoms in total. The number of benzene rings is 3. The Morgan fingerprint density at radius 3 is 2.17 bits per heavy atom. The van der Waals surface area contributed by atoms with Gasteiger partial charge < -0.3 is 5.32 Å². The van der Waals surface area contributed by atoms with E-state index in [9.17, 15) is 14.0 Å². The van der Waals surface area contributed by atoms with Gasteiger partial charge in [-0.15, -0.1) is 0 Å². The van der Waals surface area contributed by atoms with Crippen molar-refractivity contribution in [2.45, 2.75) is 20.3 Å². The van der Waals surface area contributed by atoms with Gasteiger partial charge in [0.25, 0.3) is 11.8 Å². The number of carbonyl (C=O) groups is 2. The fourth-order valence-corrected chi connectivity index (χ4v) is 3.45. The predicted molar refractivity (Wildman–Crippen MR) is 116 cm³/mol. The summed E-state index contributed by atoms with van der Waals surface area (Å²) in [5.74, 6) is -1.77. The number of nitrogens with one attached hydrogen (secondary N) is 1. The van der Waals surface area contributed by atoms with E-state index in [2.05, 4.69) is 12.2 Å². The highest BCUT2D eigenvalue weighted by atomic mass is 19.1. The van der Waals surface area contributed by atoms with E-state index >= 15 is 0 Å². The molecule has 0 atom stereocenters. The van der Waals surface area contributed by atoms with Gasteiger partial charge in [0.15, 0.2) is 0 Å². The van der Waals surface area contributed by atoms with Crippen molar-refractivity contribution in [3.63, 3.8) is 0 Å². The first-order valence-corrected chi connectivity index (χ1v) is 9.80. The number of para-hydroxylation sites is 1. The first-order valence-electron chi connectivity index (χ1n) is 9.80. The van der Waals surface area contributed by atoms with Gasteiger partial charge in [-0.3, -0.25) is 9.59 Å². The molecule has 0 unspecified atom stereocenters. The number of hydrogen-bond acceptors (Lipinski definition) is 3. The minimum absolute atomic E-state index is 0.0600. The lowest BCUT2D eigenvalue weighted by Crippen LogP contribution is -2.33. The molecule has 1 heterocycles. The monoisotopic (exact) mass is 400 g/mol. The Balaban J connectivity index is 1.81. The summed E-state index contributed by atoms with van der Waals surface area (Å²) in [6, 6.07) is 20.8. The number of nitrogens with zero attached hydrogens (tertiary/aromatic N) is 1. The van der Waals surface area contributed by atoms with Crippen molar-refractivity contribution < 1.29 is 14.0 Å². The van der Waals surface area contributed by atoms with E-state index in [4.69, 9.17) is 0 Å². The predicted octanol–water partition coefficient (Wildman–Crippen LogP) is 5.09. The summed E-state index contributed by atoms with van der Waals surface area (Å²) in [4.78, 5) is 27.5. The SMILES string of the molecule is CCc1ccc(NC2=C(c3ccc(C)cc3)C(=O)N(c3ccccc3F)C2=O)cc1. The van der Waals surface area contributed by atoms with Crippen molar-refractivity contribution in [3.8, 4) is 0 Å². The van der Waals surface area contributed by atoms with Gasteiger partial charge in [0.05, 0.1) is 11.3 Å². The van der Waals surface area contributed by atoms with Crippen molar-refractivity contribution in [2.24, 2.45) is 0 Å². The maximum atomic E-state index is 14.4. The molecule has 0 aromatic heterocycles. The van der Waals surface area contributed by atoms with Crippen molar-refractivity contribution in [1.82, 2.24) is 0 Å². The van der Waals surface area contributed by atoms with Crippen LogP contribution >= 0.6 is 0 Å². The normalized spacial score (nSPS) is 13.9. The number of rotatable bonds is 5. The van der Waals surface area contributed by atoms with E-state index in [1.54, 1.807) is 18.2 Å². The van der Waals surface area contributed by atoms with Crippen LogP contribution in [0.4, 0.5) is 15.8 Å². The minimum Gasteiger partial charge on any atom is -0.350 e. The number of imide groups is 1. The van der Waals surface area contributed by atoms with E-state index in [0.717, 1.165) is 22.4 Å². The smallest absolute Gasteiger partial charge is 0.282 e. The van der Waals surface area contributed by atoms with Gasteiger partial charge in [0, 0.05) is 5.69 Å². The third kappa shape index (κ3) is 3.50. The number of amides is 2. The second-order valence-electron chi connectivity index (χ2n) is 7.19. The highest BCUT2D eigenvalue weighted by Gasteiger charge is 2.41.